The molecule has 1 aromatic rings. The monoisotopic (exact) mass is 341 g/mol. The summed E-state index contributed by atoms with van der Waals surface area (Å²) in [7, 11) is -3.84. The molecule has 0 spiro atoms. The Kier molecular flexibility index (Phi) is 5.15. The van der Waals surface area contributed by atoms with E-state index in [1.165, 1.54) is 23.4 Å². The summed E-state index contributed by atoms with van der Waals surface area (Å²) in [4.78, 5) is 10.2. The number of morpholine rings is 1. The van der Waals surface area contributed by atoms with E-state index in [-0.39, 0.29) is 36.9 Å². The van der Waals surface area contributed by atoms with Crippen molar-refractivity contribution in [1.29, 1.82) is 5.26 Å². The van der Waals surface area contributed by atoms with Gasteiger partial charge in [0.25, 0.3) is 0 Å². The van der Waals surface area contributed by atoms with Crippen LogP contribution in [0.25, 0.3) is 0 Å². The fourth-order valence-electron chi connectivity index (χ4n) is 2.05. The lowest BCUT2D eigenvalue weighted by Crippen LogP contribution is -2.40. The molecule has 124 valence electrons. The van der Waals surface area contributed by atoms with Gasteiger partial charge < -0.3 is 9.47 Å². The summed E-state index contributed by atoms with van der Waals surface area (Å²) in [6.45, 7) is 2.38. The minimum atomic E-state index is -3.84. The van der Waals surface area contributed by atoms with Gasteiger partial charge >= 0.3 is 5.69 Å². The number of nitrogens with zero attached hydrogens (tertiary/aromatic N) is 3. The van der Waals surface area contributed by atoms with Crippen molar-refractivity contribution in [3.8, 4) is 11.8 Å². The van der Waals surface area contributed by atoms with Crippen LogP contribution in [-0.4, -0.2) is 50.1 Å². The van der Waals surface area contributed by atoms with Crippen molar-refractivity contribution >= 4 is 15.7 Å². The van der Waals surface area contributed by atoms with Crippen LogP contribution in [0.1, 0.15) is 6.92 Å². The Balaban J connectivity index is 2.39. The molecule has 0 unspecified atom stereocenters. The SMILES string of the molecule is C[C@H](C#N)Oc1ccc(S(=O)(=O)N2CCOCC2)cc1[N+](=O)[O-]. The van der Waals surface area contributed by atoms with Crippen LogP contribution in [0.4, 0.5) is 5.69 Å². The Morgan fingerprint density at radius 1 is 1.43 bits per heavy atom. The Bertz CT molecular complexity index is 737. The molecule has 1 aromatic carbocycles. The van der Waals surface area contributed by atoms with Crippen LogP contribution >= 0.6 is 0 Å². The summed E-state index contributed by atoms with van der Waals surface area (Å²) < 4.78 is 36.5. The molecule has 2 rings (SSSR count). The van der Waals surface area contributed by atoms with Gasteiger partial charge in [0.15, 0.2) is 11.9 Å². The first-order chi connectivity index (χ1) is 10.9. The molecule has 9 nitrogen and oxygen atoms in total. The quantitative estimate of drug-likeness (QED) is 0.576. The second-order valence-electron chi connectivity index (χ2n) is 4.79. The van der Waals surface area contributed by atoms with Crippen molar-refractivity contribution in [3.05, 3.63) is 28.3 Å². The van der Waals surface area contributed by atoms with E-state index < -0.39 is 26.7 Å². The van der Waals surface area contributed by atoms with Crippen LogP contribution in [-0.2, 0) is 14.8 Å². The largest absolute Gasteiger partial charge is 0.469 e. The second kappa shape index (κ2) is 6.91. The number of hydrogen-bond acceptors (Lipinski definition) is 7. The Morgan fingerprint density at radius 3 is 2.65 bits per heavy atom. The topological polar surface area (TPSA) is 123 Å². The van der Waals surface area contributed by atoms with Crippen LogP contribution in [0.5, 0.6) is 5.75 Å². The first-order valence-electron chi connectivity index (χ1n) is 6.79. The third-order valence-electron chi connectivity index (χ3n) is 3.22. The molecule has 1 fully saturated rings. The second-order valence-corrected chi connectivity index (χ2v) is 6.73. The maximum absolute atomic E-state index is 12.5. The lowest BCUT2D eigenvalue weighted by molar-refractivity contribution is -0.386. The zero-order valence-corrected chi connectivity index (χ0v) is 13.2. The lowest BCUT2D eigenvalue weighted by atomic mass is 10.3. The maximum atomic E-state index is 12.5. The highest BCUT2D eigenvalue weighted by Crippen LogP contribution is 2.31. The van der Waals surface area contributed by atoms with E-state index in [9.17, 15) is 18.5 Å². The van der Waals surface area contributed by atoms with Crippen molar-refractivity contribution in [1.82, 2.24) is 4.31 Å². The molecule has 0 N–H and O–H groups in total. The molecule has 0 radical (unpaired) electrons. The molecule has 1 saturated heterocycles. The van der Waals surface area contributed by atoms with E-state index in [4.69, 9.17) is 14.7 Å². The van der Waals surface area contributed by atoms with Crippen LogP contribution in [0.3, 0.4) is 0 Å². The van der Waals surface area contributed by atoms with E-state index in [2.05, 4.69) is 0 Å². The molecule has 0 aliphatic carbocycles. The molecule has 10 heteroatoms. The first kappa shape index (κ1) is 17.1. The predicted molar refractivity (Wildman–Crippen MR) is 78.4 cm³/mol. The van der Waals surface area contributed by atoms with Crippen LogP contribution < -0.4 is 4.74 Å². The molecule has 23 heavy (non-hydrogen) atoms. The molecular formula is C13H15N3O6S. The van der Waals surface area contributed by atoms with Gasteiger partial charge in [-0.25, -0.2) is 8.42 Å². The van der Waals surface area contributed by atoms with Crippen molar-refractivity contribution < 1.29 is 22.8 Å². The van der Waals surface area contributed by atoms with Crippen molar-refractivity contribution in [3.63, 3.8) is 0 Å². The van der Waals surface area contributed by atoms with Crippen molar-refractivity contribution in [2.75, 3.05) is 26.3 Å². The average molecular weight is 341 g/mol. The highest BCUT2D eigenvalue weighted by atomic mass is 32.2. The smallest absolute Gasteiger partial charge is 0.312 e. The lowest BCUT2D eigenvalue weighted by Gasteiger charge is -2.26. The molecule has 1 aliphatic heterocycles. The Hall–Kier alpha value is -2.22. The van der Waals surface area contributed by atoms with E-state index in [0.717, 1.165) is 6.07 Å². The summed E-state index contributed by atoms with van der Waals surface area (Å²) in [5, 5.41) is 19.9. The molecule has 1 atom stereocenters. The van der Waals surface area contributed by atoms with Gasteiger partial charge in [0.05, 0.1) is 23.0 Å². The Morgan fingerprint density at radius 2 is 2.09 bits per heavy atom. The number of nitro groups is 1. The molecule has 0 bridgehead atoms. The standard InChI is InChI=1S/C13H15N3O6S/c1-10(9-14)22-13-3-2-11(8-12(13)16(17)18)23(19,20)15-4-6-21-7-5-15/h2-3,8,10H,4-7H2,1H3/t10-/m1/s1. The molecule has 0 amide bonds. The normalized spacial score (nSPS) is 17.2. The van der Waals surface area contributed by atoms with Crippen molar-refractivity contribution in [2.45, 2.75) is 17.9 Å². The number of ether oxygens (including phenoxy) is 2. The van der Waals surface area contributed by atoms with Gasteiger partial charge in [0, 0.05) is 19.2 Å². The summed E-state index contributed by atoms with van der Waals surface area (Å²) in [5.41, 5.74) is -0.499. The predicted octanol–water partition coefficient (Wildman–Crippen LogP) is 0.907. The average Bonchev–Trinajstić information content (AvgIpc) is 2.55. The zero-order valence-electron chi connectivity index (χ0n) is 12.3. The third kappa shape index (κ3) is 3.76. The number of nitriles is 1. The van der Waals surface area contributed by atoms with Gasteiger partial charge in [-0.2, -0.15) is 9.57 Å². The highest BCUT2D eigenvalue weighted by Gasteiger charge is 2.29. The third-order valence-corrected chi connectivity index (χ3v) is 5.12. The highest BCUT2D eigenvalue weighted by molar-refractivity contribution is 7.89. The Labute approximate surface area is 133 Å². The molecule has 1 heterocycles. The van der Waals surface area contributed by atoms with Crippen LogP contribution in [0.2, 0.25) is 0 Å². The minimum Gasteiger partial charge on any atom is -0.469 e. The first-order valence-corrected chi connectivity index (χ1v) is 8.23. The van der Waals surface area contributed by atoms with Gasteiger partial charge in [-0.15, -0.1) is 0 Å². The number of rotatable bonds is 5. The molecule has 0 aromatic heterocycles. The summed E-state index contributed by atoms with van der Waals surface area (Å²) in [5.74, 6) is -0.148. The van der Waals surface area contributed by atoms with Gasteiger partial charge in [-0.1, -0.05) is 0 Å². The number of benzene rings is 1. The minimum absolute atomic E-state index is 0.148. The van der Waals surface area contributed by atoms with Crippen molar-refractivity contribution in [2.24, 2.45) is 0 Å². The van der Waals surface area contributed by atoms with E-state index in [1.807, 2.05) is 0 Å². The number of nitro benzene ring substituents is 1. The van der Waals surface area contributed by atoms with Gasteiger partial charge in [0.2, 0.25) is 10.0 Å². The van der Waals surface area contributed by atoms with Crippen LogP contribution in [0.15, 0.2) is 23.1 Å². The van der Waals surface area contributed by atoms with Crippen LogP contribution in [0, 0.1) is 21.4 Å². The fraction of sp³-hybridized carbons (Fsp3) is 0.462. The summed E-state index contributed by atoms with van der Waals surface area (Å²) >= 11 is 0. The summed E-state index contributed by atoms with van der Waals surface area (Å²) in [6.07, 6.45) is -0.893. The zero-order chi connectivity index (χ0) is 17.0. The molecule has 0 saturated carbocycles. The van der Waals surface area contributed by atoms with Gasteiger partial charge in [-0.05, 0) is 19.1 Å². The van der Waals surface area contributed by atoms with E-state index in [1.54, 1.807) is 6.07 Å². The summed E-state index contributed by atoms with van der Waals surface area (Å²) in [6, 6.07) is 5.17. The fourth-order valence-corrected chi connectivity index (χ4v) is 3.48. The van der Waals surface area contributed by atoms with E-state index >= 15 is 0 Å². The molecule has 1 aliphatic rings. The number of sulfonamides is 1. The van der Waals surface area contributed by atoms with E-state index in [0.29, 0.717) is 0 Å². The number of hydrogen-bond donors (Lipinski definition) is 0. The van der Waals surface area contributed by atoms with Gasteiger partial charge in [-0.3, -0.25) is 10.1 Å². The molecular weight excluding hydrogens is 326 g/mol. The van der Waals surface area contributed by atoms with Gasteiger partial charge in [0.1, 0.15) is 6.07 Å². The maximum Gasteiger partial charge on any atom is 0.312 e.